The third-order valence-electron chi connectivity index (χ3n) is 2.62. The number of nitrogens with one attached hydrogen (secondary N) is 1. The van der Waals surface area contributed by atoms with Crippen molar-refractivity contribution in [3.63, 3.8) is 0 Å². The molecule has 0 aromatic rings. The normalized spacial score (nSPS) is 32.2. The molecule has 1 fully saturated rings. The van der Waals surface area contributed by atoms with E-state index in [2.05, 4.69) is 19.2 Å². The van der Waals surface area contributed by atoms with Gasteiger partial charge in [0.2, 0.25) is 0 Å². The Labute approximate surface area is 70.6 Å². The van der Waals surface area contributed by atoms with Crippen molar-refractivity contribution in [2.45, 2.75) is 64.5 Å². The molecule has 66 valence electrons. The van der Waals surface area contributed by atoms with Gasteiger partial charge in [-0.25, -0.2) is 0 Å². The molecule has 0 saturated carbocycles. The van der Waals surface area contributed by atoms with Crippen LogP contribution in [-0.2, 0) is 0 Å². The third kappa shape index (κ3) is 3.24. The SMILES string of the molecule is CCCC[C@@H]1CCC[C@H](C)N1. The molecule has 0 aromatic carbocycles. The highest BCUT2D eigenvalue weighted by atomic mass is 15.0. The molecule has 1 aliphatic heterocycles. The van der Waals surface area contributed by atoms with Crippen LogP contribution in [0.15, 0.2) is 0 Å². The lowest BCUT2D eigenvalue weighted by molar-refractivity contribution is 0.317. The largest absolute Gasteiger partial charge is 0.312 e. The van der Waals surface area contributed by atoms with Crippen molar-refractivity contribution >= 4 is 0 Å². The van der Waals surface area contributed by atoms with Gasteiger partial charge in [0.15, 0.2) is 0 Å². The van der Waals surface area contributed by atoms with Crippen LogP contribution in [0.2, 0.25) is 0 Å². The van der Waals surface area contributed by atoms with Gasteiger partial charge in [0.05, 0.1) is 0 Å². The lowest BCUT2D eigenvalue weighted by Gasteiger charge is -2.28. The van der Waals surface area contributed by atoms with Gasteiger partial charge in [0.25, 0.3) is 0 Å². The van der Waals surface area contributed by atoms with Crippen molar-refractivity contribution in [1.29, 1.82) is 0 Å². The molecule has 1 N–H and O–H groups in total. The van der Waals surface area contributed by atoms with Gasteiger partial charge in [-0.15, -0.1) is 0 Å². The fourth-order valence-electron chi connectivity index (χ4n) is 1.92. The van der Waals surface area contributed by atoms with Gasteiger partial charge in [-0.2, -0.15) is 0 Å². The minimum atomic E-state index is 0.769. The van der Waals surface area contributed by atoms with Crippen LogP contribution >= 0.6 is 0 Å². The molecule has 2 atom stereocenters. The number of piperidine rings is 1. The highest BCUT2D eigenvalue weighted by Gasteiger charge is 2.16. The van der Waals surface area contributed by atoms with Gasteiger partial charge in [-0.3, -0.25) is 0 Å². The van der Waals surface area contributed by atoms with Gasteiger partial charge in [0, 0.05) is 12.1 Å². The number of rotatable bonds is 3. The van der Waals surface area contributed by atoms with E-state index < -0.39 is 0 Å². The van der Waals surface area contributed by atoms with E-state index in [1.54, 1.807) is 0 Å². The zero-order valence-corrected chi connectivity index (χ0v) is 7.90. The van der Waals surface area contributed by atoms with Crippen LogP contribution in [0.1, 0.15) is 52.4 Å². The molecular formula is C10H21N. The molecule has 1 heteroatoms. The van der Waals surface area contributed by atoms with Crippen molar-refractivity contribution in [1.82, 2.24) is 5.32 Å². The minimum Gasteiger partial charge on any atom is -0.312 e. The van der Waals surface area contributed by atoms with Crippen molar-refractivity contribution in [3.05, 3.63) is 0 Å². The Kier molecular flexibility index (Phi) is 3.92. The van der Waals surface area contributed by atoms with Crippen molar-refractivity contribution in [3.8, 4) is 0 Å². The summed E-state index contributed by atoms with van der Waals surface area (Å²) in [4.78, 5) is 0. The van der Waals surface area contributed by atoms with Crippen molar-refractivity contribution in [2.75, 3.05) is 0 Å². The molecule has 0 radical (unpaired) electrons. The summed E-state index contributed by atoms with van der Waals surface area (Å²) in [5.41, 5.74) is 0. The Balaban J connectivity index is 2.12. The van der Waals surface area contributed by atoms with Crippen molar-refractivity contribution in [2.24, 2.45) is 0 Å². The van der Waals surface area contributed by atoms with E-state index in [-0.39, 0.29) is 0 Å². The van der Waals surface area contributed by atoms with Gasteiger partial charge in [-0.05, 0) is 26.2 Å². The van der Waals surface area contributed by atoms with Crippen LogP contribution in [0.25, 0.3) is 0 Å². The molecule has 1 rings (SSSR count). The van der Waals surface area contributed by atoms with Crippen LogP contribution in [0.5, 0.6) is 0 Å². The van der Waals surface area contributed by atoms with Crippen molar-refractivity contribution < 1.29 is 0 Å². The lowest BCUT2D eigenvalue weighted by atomic mass is 9.96. The molecule has 1 nitrogen and oxygen atoms in total. The Morgan fingerprint density at radius 1 is 1.36 bits per heavy atom. The maximum absolute atomic E-state index is 3.65. The lowest BCUT2D eigenvalue weighted by Crippen LogP contribution is -2.40. The van der Waals surface area contributed by atoms with Crippen LogP contribution in [0.3, 0.4) is 0 Å². The minimum absolute atomic E-state index is 0.769. The van der Waals surface area contributed by atoms with E-state index in [9.17, 15) is 0 Å². The molecule has 0 aromatic heterocycles. The summed E-state index contributed by atoms with van der Waals surface area (Å²) in [5.74, 6) is 0. The first kappa shape index (κ1) is 9.05. The van der Waals surface area contributed by atoms with E-state index in [1.807, 2.05) is 0 Å². The molecular weight excluding hydrogens is 134 g/mol. The highest BCUT2D eigenvalue weighted by molar-refractivity contribution is 4.77. The summed E-state index contributed by atoms with van der Waals surface area (Å²) in [6, 6.07) is 1.60. The maximum atomic E-state index is 3.65. The first-order chi connectivity index (χ1) is 5.33. The maximum Gasteiger partial charge on any atom is 0.00695 e. The van der Waals surface area contributed by atoms with Gasteiger partial charge < -0.3 is 5.32 Å². The zero-order chi connectivity index (χ0) is 8.10. The fraction of sp³-hybridized carbons (Fsp3) is 1.00. The Bertz CT molecular complexity index is 101. The van der Waals surface area contributed by atoms with Gasteiger partial charge in [0.1, 0.15) is 0 Å². The molecule has 0 aliphatic carbocycles. The number of unbranched alkanes of at least 4 members (excludes halogenated alkanes) is 1. The summed E-state index contributed by atoms with van der Waals surface area (Å²) >= 11 is 0. The summed E-state index contributed by atoms with van der Waals surface area (Å²) in [5, 5.41) is 3.65. The molecule has 1 saturated heterocycles. The summed E-state index contributed by atoms with van der Waals surface area (Å²) in [6.45, 7) is 4.57. The average Bonchev–Trinajstić information content (AvgIpc) is 2.01. The van der Waals surface area contributed by atoms with E-state index in [1.165, 1.54) is 38.5 Å². The quantitative estimate of drug-likeness (QED) is 0.660. The zero-order valence-electron chi connectivity index (χ0n) is 7.90. The van der Waals surface area contributed by atoms with Crippen LogP contribution in [-0.4, -0.2) is 12.1 Å². The first-order valence-corrected chi connectivity index (χ1v) is 5.09. The standard InChI is InChI=1S/C10H21N/c1-3-4-7-10-8-5-6-9(2)11-10/h9-11H,3-8H2,1-2H3/t9-,10+/m0/s1. The molecule has 11 heavy (non-hydrogen) atoms. The Morgan fingerprint density at radius 2 is 2.18 bits per heavy atom. The molecule has 0 spiro atoms. The average molecular weight is 155 g/mol. The Morgan fingerprint density at radius 3 is 2.82 bits per heavy atom. The van der Waals surface area contributed by atoms with Crippen LogP contribution < -0.4 is 5.32 Å². The smallest absolute Gasteiger partial charge is 0.00695 e. The summed E-state index contributed by atoms with van der Waals surface area (Å²) in [6.07, 6.45) is 8.34. The molecule has 0 bridgehead atoms. The first-order valence-electron chi connectivity index (χ1n) is 5.09. The van der Waals surface area contributed by atoms with Gasteiger partial charge >= 0.3 is 0 Å². The van der Waals surface area contributed by atoms with Gasteiger partial charge in [-0.1, -0.05) is 26.2 Å². The predicted molar refractivity (Wildman–Crippen MR) is 49.8 cm³/mol. The van der Waals surface area contributed by atoms with Crippen LogP contribution in [0, 0.1) is 0 Å². The van der Waals surface area contributed by atoms with E-state index in [0.717, 1.165) is 12.1 Å². The topological polar surface area (TPSA) is 12.0 Å². The third-order valence-corrected chi connectivity index (χ3v) is 2.62. The molecule has 1 heterocycles. The summed E-state index contributed by atoms with van der Waals surface area (Å²) in [7, 11) is 0. The highest BCUT2D eigenvalue weighted by Crippen LogP contribution is 2.16. The monoisotopic (exact) mass is 155 g/mol. The number of hydrogen-bond acceptors (Lipinski definition) is 1. The molecule has 0 unspecified atom stereocenters. The fourth-order valence-corrected chi connectivity index (χ4v) is 1.92. The number of hydrogen-bond donors (Lipinski definition) is 1. The van der Waals surface area contributed by atoms with E-state index in [4.69, 9.17) is 0 Å². The second-order valence-electron chi connectivity index (χ2n) is 3.84. The second kappa shape index (κ2) is 4.76. The Hall–Kier alpha value is -0.0400. The van der Waals surface area contributed by atoms with E-state index in [0.29, 0.717) is 0 Å². The molecule has 0 amide bonds. The van der Waals surface area contributed by atoms with Crippen LogP contribution in [0.4, 0.5) is 0 Å². The summed E-state index contributed by atoms with van der Waals surface area (Å²) < 4.78 is 0. The second-order valence-corrected chi connectivity index (χ2v) is 3.84. The van der Waals surface area contributed by atoms with E-state index >= 15 is 0 Å². The molecule has 1 aliphatic rings. The predicted octanol–water partition coefficient (Wildman–Crippen LogP) is 2.71.